The molecule has 0 saturated carbocycles. The molecule has 0 spiro atoms. The van der Waals surface area contributed by atoms with Gasteiger partial charge in [-0.2, -0.15) is 0 Å². The molecule has 0 amide bonds. The van der Waals surface area contributed by atoms with Crippen LogP contribution in [-0.4, -0.2) is 6.04 Å². The predicted octanol–water partition coefficient (Wildman–Crippen LogP) is 5.22. The van der Waals surface area contributed by atoms with Crippen LogP contribution >= 0.6 is 34.5 Å². The first-order chi connectivity index (χ1) is 9.52. The molecular formula is C15H17Cl2NOS. The molecule has 2 nitrogen and oxygen atoms in total. The van der Waals surface area contributed by atoms with Crippen molar-refractivity contribution in [3.8, 4) is 5.75 Å². The predicted molar refractivity (Wildman–Crippen MR) is 87.2 cm³/mol. The first kappa shape index (κ1) is 15.6. The summed E-state index contributed by atoms with van der Waals surface area (Å²) < 4.78 is 6.07. The summed E-state index contributed by atoms with van der Waals surface area (Å²) in [5, 5.41) is 3.18. The van der Waals surface area contributed by atoms with E-state index >= 15 is 0 Å². The monoisotopic (exact) mass is 329 g/mol. The summed E-state index contributed by atoms with van der Waals surface area (Å²) in [7, 11) is 0. The average molecular weight is 330 g/mol. The summed E-state index contributed by atoms with van der Waals surface area (Å²) in [6.07, 6.45) is 0.608. The second kappa shape index (κ2) is 6.81. The minimum absolute atomic E-state index is 0.0950. The van der Waals surface area contributed by atoms with Gasteiger partial charge in [-0.05, 0) is 42.5 Å². The van der Waals surface area contributed by atoms with E-state index < -0.39 is 0 Å². The lowest BCUT2D eigenvalue weighted by molar-refractivity contribution is 0.174. The molecule has 0 aliphatic rings. The molecule has 0 aliphatic carbocycles. The topological polar surface area (TPSA) is 35.2 Å². The molecule has 0 saturated heterocycles. The molecule has 2 unspecified atom stereocenters. The number of benzene rings is 1. The molecule has 0 radical (unpaired) electrons. The largest absolute Gasteiger partial charge is 0.482 e. The van der Waals surface area contributed by atoms with Crippen LogP contribution in [0.5, 0.6) is 5.75 Å². The highest BCUT2D eigenvalue weighted by molar-refractivity contribution is 7.10. The van der Waals surface area contributed by atoms with Crippen LogP contribution in [0.3, 0.4) is 0 Å². The van der Waals surface area contributed by atoms with Gasteiger partial charge in [0.2, 0.25) is 0 Å². The number of hydrogen-bond acceptors (Lipinski definition) is 3. The van der Waals surface area contributed by atoms with Crippen molar-refractivity contribution < 1.29 is 4.74 Å². The molecule has 2 aromatic rings. The zero-order valence-electron chi connectivity index (χ0n) is 11.4. The Morgan fingerprint density at radius 1 is 1.30 bits per heavy atom. The van der Waals surface area contributed by atoms with Gasteiger partial charge in [-0.25, -0.2) is 0 Å². The Bertz CT molecular complexity index is 585. The third-order valence-electron chi connectivity index (χ3n) is 3.17. The van der Waals surface area contributed by atoms with Crippen molar-refractivity contribution in [2.75, 3.05) is 0 Å². The maximum atomic E-state index is 6.22. The van der Waals surface area contributed by atoms with Crippen molar-refractivity contribution in [1.29, 1.82) is 0 Å². The second-order valence-electron chi connectivity index (χ2n) is 4.65. The third-order valence-corrected chi connectivity index (χ3v) is 4.80. The molecule has 1 aromatic heterocycles. The van der Waals surface area contributed by atoms with Crippen LogP contribution in [0, 0.1) is 6.92 Å². The van der Waals surface area contributed by atoms with Gasteiger partial charge in [-0.1, -0.05) is 30.1 Å². The fourth-order valence-electron chi connectivity index (χ4n) is 1.93. The quantitative estimate of drug-likeness (QED) is 0.815. The summed E-state index contributed by atoms with van der Waals surface area (Å²) in [4.78, 5) is 1.13. The van der Waals surface area contributed by atoms with Gasteiger partial charge in [0.1, 0.15) is 11.9 Å². The Morgan fingerprint density at radius 3 is 2.65 bits per heavy atom. The van der Waals surface area contributed by atoms with Crippen LogP contribution in [0.2, 0.25) is 10.0 Å². The molecule has 108 valence electrons. The van der Waals surface area contributed by atoms with Crippen LogP contribution in [0.25, 0.3) is 0 Å². The van der Waals surface area contributed by atoms with Gasteiger partial charge < -0.3 is 10.5 Å². The van der Waals surface area contributed by atoms with E-state index in [0.717, 1.165) is 11.3 Å². The van der Waals surface area contributed by atoms with E-state index in [1.165, 1.54) is 5.56 Å². The lowest BCUT2D eigenvalue weighted by Gasteiger charge is -2.24. The highest BCUT2D eigenvalue weighted by Gasteiger charge is 2.24. The van der Waals surface area contributed by atoms with Crippen LogP contribution < -0.4 is 10.5 Å². The fraction of sp³-hybridized carbons (Fsp3) is 0.333. The molecule has 2 rings (SSSR count). The maximum Gasteiger partial charge on any atom is 0.148 e. The molecule has 1 heterocycles. The van der Waals surface area contributed by atoms with E-state index in [0.29, 0.717) is 15.8 Å². The number of halogens is 2. The van der Waals surface area contributed by atoms with Gasteiger partial charge in [0.05, 0.1) is 5.02 Å². The highest BCUT2D eigenvalue weighted by atomic mass is 35.5. The molecule has 5 heteroatoms. The minimum atomic E-state index is -0.212. The zero-order valence-corrected chi connectivity index (χ0v) is 13.7. The number of rotatable bonds is 5. The first-order valence-corrected chi connectivity index (χ1v) is 8.07. The van der Waals surface area contributed by atoms with Gasteiger partial charge >= 0.3 is 0 Å². The second-order valence-corrected chi connectivity index (χ2v) is 6.44. The van der Waals surface area contributed by atoms with E-state index in [4.69, 9.17) is 33.7 Å². The van der Waals surface area contributed by atoms with Gasteiger partial charge in [0.15, 0.2) is 0 Å². The van der Waals surface area contributed by atoms with Crippen LogP contribution in [0.1, 0.15) is 29.9 Å². The molecule has 0 aliphatic heterocycles. The SMILES string of the molecule is CCC(N)C(Oc1cc(Cl)ccc1Cl)c1sccc1C. The summed E-state index contributed by atoms with van der Waals surface area (Å²) in [6, 6.07) is 7.17. The van der Waals surface area contributed by atoms with Gasteiger partial charge in [-0.15, -0.1) is 11.3 Å². The number of nitrogens with two attached hydrogens (primary N) is 1. The van der Waals surface area contributed by atoms with Crippen LogP contribution in [0.4, 0.5) is 0 Å². The maximum absolute atomic E-state index is 6.22. The minimum Gasteiger partial charge on any atom is -0.482 e. The normalized spacial score (nSPS) is 14.1. The Kier molecular flexibility index (Phi) is 5.33. The first-order valence-electron chi connectivity index (χ1n) is 6.44. The summed E-state index contributed by atoms with van der Waals surface area (Å²) in [6.45, 7) is 4.10. The average Bonchev–Trinajstić information content (AvgIpc) is 2.85. The third kappa shape index (κ3) is 3.47. The van der Waals surface area contributed by atoms with Gasteiger partial charge in [0.25, 0.3) is 0 Å². The molecule has 20 heavy (non-hydrogen) atoms. The lowest BCUT2D eigenvalue weighted by atomic mass is 10.1. The number of ether oxygens (including phenoxy) is 1. The van der Waals surface area contributed by atoms with E-state index in [9.17, 15) is 0 Å². The standard InChI is InChI=1S/C15H17Cl2NOS/c1-3-12(18)14(15-9(2)6-7-20-15)19-13-8-10(16)4-5-11(13)17/h4-8,12,14H,3,18H2,1-2H3. The van der Waals surface area contributed by atoms with E-state index in [1.807, 2.05) is 12.3 Å². The fourth-order valence-corrected chi connectivity index (χ4v) is 3.28. The van der Waals surface area contributed by atoms with E-state index in [2.05, 4.69) is 13.0 Å². The van der Waals surface area contributed by atoms with Crippen LogP contribution in [0.15, 0.2) is 29.6 Å². The molecule has 2 N–H and O–H groups in total. The highest BCUT2D eigenvalue weighted by Crippen LogP contribution is 2.35. The van der Waals surface area contributed by atoms with Crippen molar-refractivity contribution in [3.05, 3.63) is 50.1 Å². The summed E-state index contributed by atoms with van der Waals surface area (Å²) in [5.74, 6) is 0.570. The van der Waals surface area contributed by atoms with Crippen molar-refractivity contribution in [3.63, 3.8) is 0 Å². The van der Waals surface area contributed by atoms with Crippen molar-refractivity contribution in [1.82, 2.24) is 0 Å². The Hall–Kier alpha value is -0.740. The van der Waals surface area contributed by atoms with E-state index in [1.54, 1.807) is 29.5 Å². The Labute approximate surface area is 133 Å². The Balaban J connectivity index is 2.33. The van der Waals surface area contributed by atoms with Crippen molar-refractivity contribution in [2.24, 2.45) is 5.73 Å². The molecule has 2 atom stereocenters. The van der Waals surface area contributed by atoms with Crippen LogP contribution in [-0.2, 0) is 0 Å². The van der Waals surface area contributed by atoms with Crippen molar-refractivity contribution >= 4 is 34.5 Å². The molecule has 0 bridgehead atoms. The van der Waals surface area contributed by atoms with Gasteiger partial charge in [-0.3, -0.25) is 0 Å². The summed E-state index contributed by atoms with van der Waals surface area (Å²) >= 11 is 13.8. The van der Waals surface area contributed by atoms with Crippen molar-refractivity contribution in [2.45, 2.75) is 32.4 Å². The zero-order chi connectivity index (χ0) is 14.7. The summed E-state index contributed by atoms with van der Waals surface area (Å²) in [5.41, 5.74) is 7.40. The lowest BCUT2D eigenvalue weighted by Crippen LogP contribution is -2.31. The Morgan fingerprint density at radius 2 is 2.05 bits per heavy atom. The smallest absolute Gasteiger partial charge is 0.148 e. The molecular weight excluding hydrogens is 313 g/mol. The number of hydrogen-bond donors (Lipinski definition) is 1. The number of thiophene rings is 1. The number of aryl methyl sites for hydroxylation is 1. The van der Waals surface area contributed by atoms with Gasteiger partial charge in [0, 0.05) is 22.0 Å². The van der Waals surface area contributed by atoms with E-state index in [-0.39, 0.29) is 12.1 Å². The molecule has 1 aromatic carbocycles. The molecule has 0 fully saturated rings.